The van der Waals surface area contributed by atoms with Crippen molar-refractivity contribution in [3.05, 3.63) is 59.5 Å². The fourth-order valence-corrected chi connectivity index (χ4v) is 5.74. The number of carbonyl (C=O) groups is 1. The molecule has 3 aromatic rings. The average molecular weight is 473 g/mol. The Morgan fingerprint density at radius 3 is 2.80 bits per heavy atom. The number of benzene rings is 1. The quantitative estimate of drug-likeness (QED) is 0.617. The van der Waals surface area contributed by atoms with Crippen LogP contribution in [0.3, 0.4) is 0 Å². The molecule has 8 heteroatoms. The van der Waals surface area contributed by atoms with Crippen LogP contribution in [0.4, 0.5) is 22.9 Å². The standard InChI is InChI=1S/C27H32N6O2/c1-31-15-20-16-32(13-11-23(20)30-31)21-7-10-24-25(14-21)33(17-19-4-3-12-28-26(19)29-24)27(34)18-5-8-22(35-2)9-6-18/h3-4,7,10,12,14-15,18,22H,5-6,8-9,11,13,16-17H2,1-2H3,(H,28,29)/t18-,22-. The highest BCUT2D eigenvalue weighted by atomic mass is 16.5. The summed E-state index contributed by atoms with van der Waals surface area (Å²) in [7, 11) is 3.75. The van der Waals surface area contributed by atoms with Crippen LogP contribution in [-0.2, 0) is 36.1 Å². The summed E-state index contributed by atoms with van der Waals surface area (Å²) in [6.07, 6.45) is 8.70. The summed E-state index contributed by atoms with van der Waals surface area (Å²) in [5, 5.41) is 8.09. The zero-order chi connectivity index (χ0) is 23.9. The third kappa shape index (κ3) is 4.16. The van der Waals surface area contributed by atoms with Gasteiger partial charge in [-0.2, -0.15) is 5.10 Å². The number of methoxy groups -OCH3 is 1. The molecule has 4 heterocycles. The van der Waals surface area contributed by atoms with E-state index in [9.17, 15) is 4.79 Å². The van der Waals surface area contributed by atoms with Crippen LogP contribution >= 0.6 is 0 Å². The van der Waals surface area contributed by atoms with Crippen molar-refractivity contribution in [1.82, 2.24) is 14.8 Å². The summed E-state index contributed by atoms with van der Waals surface area (Å²) >= 11 is 0. The molecule has 0 saturated heterocycles. The van der Waals surface area contributed by atoms with Crippen LogP contribution in [0.5, 0.6) is 0 Å². The predicted molar refractivity (Wildman–Crippen MR) is 136 cm³/mol. The number of carbonyl (C=O) groups excluding carboxylic acids is 1. The maximum absolute atomic E-state index is 13.9. The predicted octanol–water partition coefficient (Wildman–Crippen LogP) is 4.17. The van der Waals surface area contributed by atoms with Crippen LogP contribution in [0, 0.1) is 5.92 Å². The number of hydrogen-bond acceptors (Lipinski definition) is 6. The van der Waals surface area contributed by atoms with Gasteiger partial charge in [0.2, 0.25) is 5.91 Å². The van der Waals surface area contributed by atoms with Crippen LogP contribution in [0.25, 0.3) is 0 Å². The number of aryl methyl sites for hydroxylation is 1. The van der Waals surface area contributed by atoms with Gasteiger partial charge in [-0.25, -0.2) is 4.98 Å². The van der Waals surface area contributed by atoms with E-state index in [1.807, 2.05) is 22.7 Å². The third-order valence-electron chi connectivity index (χ3n) is 7.70. The van der Waals surface area contributed by atoms with Crippen molar-refractivity contribution in [2.45, 2.75) is 51.3 Å². The molecule has 1 amide bonds. The Morgan fingerprint density at radius 2 is 1.97 bits per heavy atom. The first-order valence-electron chi connectivity index (χ1n) is 12.5. The van der Waals surface area contributed by atoms with Crippen LogP contribution in [0.2, 0.25) is 0 Å². The highest BCUT2D eigenvalue weighted by Gasteiger charge is 2.33. The fourth-order valence-electron chi connectivity index (χ4n) is 5.74. The van der Waals surface area contributed by atoms with Gasteiger partial charge in [0, 0.05) is 68.8 Å². The molecule has 2 aromatic heterocycles. The van der Waals surface area contributed by atoms with Crippen LogP contribution in [0.1, 0.15) is 42.5 Å². The van der Waals surface area contributed by atoms with Crippen molar-refractivity contribution in [3.8, 4) is 0 Å². The molecular weight excluding hydrogens is 440 g/mol. The molecule has 0 unspecified atom stereocenters. The number of hydrogen-bond donors (Lipinski definition) is 1. The van der Waals surface area contributed by atoms with E-state index in [1.165, 1.54) is 11.3 Å². The fraction of sp³-hybridized carbons (Fsp3) is 0.444. The maximum Gasteiger partial charge on any atom is 0.230 e. The molecular formula is C27H32N6O2. The van der Waals surface area contributed by atoms with E-state index in [1.54, 1.807) is 13.3 Å². The van der Waals surface area contributed by atoms with Crippen molar-refractivity contribution in [2.24, 2.45) is 13.0 Å². The van der Waals surface area contributed by atoms with Gasteiger partial charge in [0.15, 0.2) is 0 Å². The van der Waals surface area contributed by atoms with E-state index in [-0.39, 0.29) is 17.9 Å². The van der Waals surface area contributed by atoms with Crippen molar-refractivity contribution >= 4 is 28.8 Å². The number of pyridine rings is 1. The van der Waals surface area contributed by atoms with Gasteiger partial charge in [-0.3, -0.25) is 9.48 Å². The molecule has 8 nitrogen and oxygen atoms in total. The third-order valence-corrected chi connectivity index (χ3v) is 7.70. The van der Waals surface area contributed by atoms with Crippen molar-refractivity contribution in [2.75, 3.05) is 28.8 Å². The Kier molecular flexibility index (Phi) is 5.68. The lowest BCUT2D eigenvalue weighted by molar-refractivity contribution is -0.124. The number of nitrogens with one attached hydrogen (secondary N) is 1. The second kappa shape index (κ2) is 9.00. The molecule has 1 saturated carbocycles. The second-order valence-electron chi connectivity index (χ2n) is 9.92. The number of rotatable bonds is 3. The monoisotopic (exact) mass is 472 g/mol. The minimum absolute atomic E-state index is 0.0177. The number of anilines is 4. The van der Waals surface area contributed by atoms with Crippen LogP contribution in [0.15, 0.2) is 42.7 Å². The molecule has 1 fully saturated rings. The van der Waals surface area contributed by atoms with Gasteiger partial charge in [-0.05, 0) is 49.9 Å². The maximum atomic E-state index is 13.9. The summed E-state index contributed by atoms with van der Waals surface area (Å²) in [4.78, 5) is 22.9. The Morgan fingerprint density at radius 1 is 1.11 bits per heavy atom. The Hall–Kier alpha value is -3.39. The van der Waals surface area contributed by atoms with Gasteiger partial charge in [0.05, 0.1) is 29.7 Å². The molecule has 0 atom stereocenters. The first-order valence-corrected chi connectivity index (χ1v) is 12.5. The first kappa shape index (κ1) is 22.1. The van der Waals surface area contributed by atoms with E-state index in [0.29, 0.717) is 6.54 Å². The summed E-state index contributed by atoms with van der Waals surface area (Å²) in [6.45, 7) is 2.25. The smallest absolute Gasteiger partial charge is 0.230 e. The van der Waals surface area contributed by atoms with E-state index in [4.69, 9.17) is 4.74 Å². The molecule has 2 aliphatic heterocycles. The lowest BCUT2D eigenvalue weighted by Crippen LogP contribution is -2.38. The van der Waals surface area contributed by atoms with Crippen LogP contribution < -0.4 is 15.1 Å². The SMILES string of the molecule is CO[C@H]1CC[C@H](C(=O)N2Cc3cccnc3Nc3ccc(N4CCc5nn(C)cc5C4)cc32)CC1. The summed E-state index contributed by atoms with van der Waals surface area (Å²) in [5.41, 5.74) is 6.46. The first-order chi connectivity index (χ1) is 17.1. The Labute approximate surface area is 205 Å². The minimum atomic E-state index is 0.0177. The highest BCUT2D eigenvalue weighted by Crippen LogP contribution is 2.40. The van der Waals surface area contributed by atoms with Gasteiger partial charge in [0.1, 0.15) is 5.82 Å². The molecule has 0 spiro atoms. The summed E-state index contributed by atoms with van der Waals surface area (Å²) in [5.74, 6) is 1.03. The van der Waals surface area contributed by atoms with Crippen LogP contribution in [-0.4, -0.2) is 40.4 Å². The van der Waals surface area contributed by atoms with Gasteiger partial charge >= 0.3 is 0 Å². The second-order valence-corrected chi connectivity index (χ2v) is 9.92. The Bertz CT molecular complexity index is 1250. The number of amides is 1. The number of nitrogens with zero attached hydrogens (tertiary/aromatic N) is 5. The van der Waals surface area contributed by atoms with Crippen molar-refractivity contribution < 1.29 is 9.53 Å². The number of fused-ring (bicyclic) bond motifs is 3. The lowest BCUT2D eigenvalue weighted by Gasteiger charge is -2.33. The summed E-state index contributed by atoms with van der Waals surface area (Å²) < 4.78 is 7.44. The van der Waals surface area contributed by atoms with Crippen molar-refractivity contribution in [1.29, 1.82) is 0 Å². The molecule has 6 rings (SSSR count). The highest BCUT2D eigenvalue weighted by molar-refractivity contribution is 6.00. The Balaban J connectivity index is 1.34. The van der Waals surface area contributed by atoms with E-state index >= 15 is 0 Å². The minimum Gasteiger partial charge on any atom is -0.381 e. The van der Waals surface area contributed by atoms with Gasteiger partial charge in [0.25, 0.3) is 0 Å². The van der Waals surface area contributed by atoms with Gasteiger partial charge in [-0.1, -0.05) is 6.07 Å². The van der Waals surface area contributed by atoms with E-state index < -0.39 is 0 Å². The average Bonchev–Trinajstić information content (AvgIpc) is 3.18. The molecule has 1 aromatic carbocycles. The van der Waals surface area contributed by atoms with Gasteiger partial charge < -0.3 is 19.9 Å². The number of ether oxygens (including phenoxy) is 1. The molecule has 1 N–H and O–H groups in total. The van der Waals surface area contributed by atoms with Crippen molar-refractivity contribution in [3.63, 3.8) is 0 Å². The molecule has 182 valence electrons. The normalized spacial score (nSPS) is 21.4. The zero-order valence-electron chi connectivity index (χ0n) is 20.4. The molecule has 3 aliphatic rings. The van der Waals surface area contributed by atoms with E-state index in [2.05, 4.69) is 50.8 Å². The number of aromatic nitrogens is 3. The summed E-state index contributed by atoms with van der Waals surface area (Å²) in [6, 6.07) is 10.4. The van der Waals surface area contributed by atoms with E-state index in [0.717, 1.165) is 73.6 Å². The zero-order valence-corrected chi connectivity index (χ0v) is 20.4. The molecule has 35 heavy (non-hydrogen) atoms. The lowest BCUT2D eigenvalue weighted by atomic mass is 9.86. The molecule has 1 aliphatic carbocycles. The molecule has 0 radical (unpaired) electrons. The molecule has 0 bridgehead atoms. The topological polar surface area (TPSA) is 75.5 Å². The van der Waals surface area contributed by atoms with Gasteiger partial charge in [-0.15, -0.1) is 0 Å². The largest absolute Gasteiger partial charge is 0.381 e.